The number of aliphatic carboxylic acids is 1. The summed E-state index contributed by atoms with van der Waals surface area (Å²) in [5, 5.41) is 9.11. The van der Waals surface area contributed by atoms with E-state index in [1.165, 1.54) is 6.08 Å². The predicted octanol–water partition coefficient (Wildman–Crippen LogP) is 6.72. The van der Waals surface area contributed by atoms with Crippen LogP contribution in [-0.2, 0) is 4.79 Å². The molecule has 0 bridgehead atoms. The van der Waals surface area contributed by atoms with Crippen molar-refractivity contribution in [2.75, 3.05) is 6.61 Å². The van der Waals surface area contributed by atoms with Crippen LogP contribution in [0.25, 0.3) is 16.8 Å². The summed E-state index contributed by atoms with van der Waals surface area (Å²) < 4.78 is 32.2. The van der Waals surface area contributed by atoms with Gasteiger partial charge in [0.1, 0.15) is 23.4 Å². The number of allylic oxidation sites excluding steroid dienone is 3. The highest BCUT2D eigenvalue weighted by atomic mass is 19.1. The van der Waals surface area contributed by atoms with Gasteiger partial charge in [-0.2, -0.15) is 0 Å². The van der Waals surface area contributed by atoms with Gasteiger partial charge in [0.15, 0.2) is 0 Å². The molecule has 3 aromatic rings. The second-order valence-electron chi connectivity index (χ2n) is 8.95. The van der Waals surface area contributed by atoms with Crippen molar-refractivity contribution in [3.63, 3.8) is 0 Å². The van der Waals surface area contributed by atoms with E-state index < -0.39 is 17.9 Å². The number of pyridine rings is 1. The summed E-state index contributed by atoms with van der Waals surface area (Å²) in [6, 6.07) is 11.1. The lowest BCUT2D eigenvalue weighted by atomic mass is 9.95. The van der Waals surface area contributed by atoms with E-state index in [9.17, 15) is 4.79 Å². The second-order valence-corrected chi connectivity index (χ2v) is 8.95. The molecule has 0 spiro atoms. The van der Waals surface area contributed by atoms with Gasteiger partial charge >= 0.3 is 5.97 Å². The van der Waals surface area contributed by atoms with Crippen LogP contribution in [0, 0.1) is 0 Å². The molecule has 1 aromatic carbocycles. The number of nitrogens with zero attached hydrogens (tertiary/aromatic N) is 1. The molecule has 1 N–H and O–H groups in total. The maximum Gasteiger partial charge on any atom is 0.304 e. The number of carboxylic acids is 1. The van der Waals surface area contributed by atoms with E-state index in [-0.39, 0.29) is 17.9 Å². The second kappa shape index (κ2) is 10.2. The molecule has 0 radical (unpaired) electrons. The number of rotatable bonds is 6. The molecule has 0 amide bonds. The number of hydrogen-bond acceptors (Lipinski definition) is 5. The number of carbonyl (C=O) groups is 1. The molecule has 0 unspecified atom stereocenters. The first kappa shape index (κ1) is 23.6. The van der Waals surface area contributed by atoms with Crippen LogP contribution in [-0.4, -0.2) is 28.8 Å². The van der Waals surface area contributed by atoms with E-state index in [0.29, 0.717) is 30.9 Å². The molecule has 6 nitrogen and oxygen atoms in total. The van der Waals surface area contributed by atoms with E-state index >= 15 is 4.39 Å². The number of fused-ring (bicyclic) bond motifs is 1. The van der Waals surface area contributed by atoms with Crippen LogP contribution in [0.15, 0.2) is 89.7 Å². The first-order valence-corrected chi connectivity index (χ1v) is 11.9. The highest BCUT2D eigenvalue weighted by Crippen LogP contribution is 2.39. The van der Waals surface area contributed by atoms with Gasteiger partial charge in [-0.25, -0.2) is 4.39 Å². The van der Waals surface area contributed by atoms with Gasteiger partial charge in [-0.15, -0.1) is 0 Å². The molecular weight excluding hydrogens is 461 g/mol. The lowest BCUT2D eigenvalue weighted by molar-refractivity contribution is -0.137. The number of benzene rings is 1. The summed E-state index contributed by atoms with van der Waals surface area (Å²) in [6.07, 6.45) is 9.69. The molecule has 7 heteroatoms. The highest BCUT2D eigenvalue weighted by molar-refractivity contribution is 5.79. The average Bonchev–Trinajstić information content (AvgIpc) is 3.55. The standard InChI is InChI=1S/C29H26FNO5/c1-18-25(30)10-7-19(24-5-3-12-31-29(24)20-11-13-34-16-20)4-2-6-26(18)36-22-8-9-23-21(14-28(32)33)17-35-27(23)15-22/h3,5,7-13,15-16,21,26H,1-2,4,6,14,17H2,(H,32,33)/b19-7+,25-10+/t21-,26-/m1/s1. The molecule has 1 aliphatic heterocycles. The zero-order valence-electron chi connectivity index (χ0n) is 19.7. The molecule has 1 aliphatic carbocycles. The van der Waals surface area contributed by atoms with Crippen molar-refractivity contribution in [1.82, 2.24) is 4.98 Å². The van der Waals surface area contributed by atoms with Crippen molar-refractivity contribution in [1.29, 1.82) is 0 Å². The van der Waals surface area contributed by atoms with Gasteiger partial charge < -0.3 is 19.0 Å². The first-order valence-electron chi connectivity index (χ1n) is 11.9. The van der Waals surface area contributed by atoms with E-state index in [2.05, 4.69) is 11.6 Å². The summed E-state index contributed by atoms with van der Waals surface area (Å²) in [4.78, 5) is 15.6. The monoisotopic (exact) mass is 487 g/mol. The quantitative estimate of drug-likeness (QED) is 0.416. The van der Waals surface area contributed by atoms with Crippen LogP contribution >= 0.6 is 0 Å². The topological polar surface area (TPSA) is 81.8 Å². The maximum absolute atomic E-state index is 15.1. The molecule has 2 atom stereocenters. The number of halogens is 1. The lowest BCUT2D eigenvalue weighted by Gasteiger charge is -2.21. The summed E-state index contributed by atoms with van der Waals surface area (Å²) in [5.41, 5.74) is 4.68. The number of ether oxygens (including phenoxy) is 2. The van der Waals surface area contributed by atoms with Gasteiger partial charge in [-0.3, -0.25) is 9.78 Å². The van der Waals surface area contributed by atoms with Crippen LogP contribution in [0.1, 0.15) is 42.7 Å². The van der Waals surface area contributed by atoms with Crippen LogP contribution in [0.5, 0.6) is 11.5 Å². The third-order valence-corrected chi connectivity index (χ3v) is 6.55. The summed E-state index contributed by atoms with van der Waals surface area (Å²) in [5.74, 6) is -0.346. The summed E-state index contributed by atoms with van der Waals surface area (Å²) >= 11 is 0. The van der Waals surface area contributed by atoms with Crippen LogP contribution in [0.3, 0.4) is 0 Å². The van der Waals surface area contributed by atoms with E-state index in [1.54, 1.807) is 36.9 Å². The molecule has 36 heavy (non-hydrogen) atoms. The van der Waals surface area contributed by atoms with Crippen molar-refractivity contribution in [2.45, 2.75) is 37.7 Å². The maximum atomic E-state index is 15.1. The molecule has 0 saturated heterocycles. The molecule has 2 aromatic heterocycles. The summed E-state index contributed by atoms with van der Waals surface area (Å²) in [7, 11) is 0. The highest BCUT2D eigenvalue weighted by Gasteiger charge is 2.28. The van der Waals surface area contributed by atoms with Crippen LogP contribution in [0.4, 0.5) is 4.39 Å². The van der Waals surface area contributed by atoms with Gasteiger partial charge in [0.25, 0.3) is 0 Å². The zero-order chi connectivity index (χ0) is 25.1. The van der Waals surface area contributed by atoms with E-state index in [4.69, 9.17) is 19.0 Å². The van der Waals surface area contributed by atoms with E-state index in [0.717, 1.165) is 34.4 Å². The van der Waals surface area contributed by atoms with Gasteiger partial charge in [0, 0.05) is 40.4 Å². The molecule has 184 valence electrons. The third-order valence-electron chi connectivity index (χ3n) is 6.55. The fourth-order valence-corrected chi connectivity index (χ4v) is 4.69. The SMILES string of the molecule is C=C1/C(F)=C\C=C(\c2cccnc2-c2ccoc2)CCC[C@H]1Oc1ccc2c(c1)OC[C@H]2CC(=O)O. The Morgan fingerprint density at radius 1 is 1.25 bits per heavy atom. The molecule has 5 rings (SSSR count). The van der Waals surface area contributed by atoms with Crippen molar-refractivity contribution < 1.29 is 28.2 Å². The van der Waals surface area contributed by atoms with Crippen LogP contribution < -0.4 is 9.47 Å². The smallest absolute Gasteiger partial charge is 0.304 e. The minimum atomic E-state index is -0.864. The number of aromatic nitrogens is 1. The summed E-state index contributed by atoms with van der Waals surface area (Å²) in [6.45, 7) is 4.29. The van der Waals surface area contributed by atoms with Gasteiger partial charge in [-0.1, -0.05) is 24.8 Å². The Morgan fingerprint density at radius 2 is 2.14 bits per heavy atom. The zero-order valence-corrected chi connectivity index (χ0v) is 19.7. The fraction of sp³-hybridized carbons (Fsp3) is 0.241. The normalized spacial score (nSPS) is 22.6. The first-order chi connectivity index (χ1) is 17.5. The van der Waals surface area contributed by atoms with Gasteiger partial charge in [0.2, 0.25) is 0 Å². The van der Waals surface area contributed by atoms with Gasteiger partial charge in [0.05, 0.1) is 31.2 Å². The molecule has 0 saturated carbocycles. The predicted molar refractivity (Wildman–Crippen MR) is 133 cm³/mol. The molecular formula is C29H26FNO5. The van der Waals surface area contributed by atoms with Crippen molar-refractivity contribution >= 4 is 11.5 Å². The Labute approximate surface area is 208 Å². The Morgan fingerprint density at radius 3 is 2.94 bits per heavy atom. The number of hydrogen-bond donors (Lipinski definition) is 1. The minimum absolute atomic E-state index is 0.0111. The Bertz CT molecular complexity index is 1340. The molecule has 0 fully saturated rings. The Kier molecular flexibility index (Phi) is 6.71. The Hall–Kier alpha value is -4.13. The Balaban J connectivity index is 1.33. The van der Waals surface area contributed by atoms with Gasteiger partial charge in [-0.05, 0) is 49.1 Å². The molecule has 3 heterocycles. The molecule has 2 aliphatic rings. The largest absolute Gasteiger partial charge is 0.492 e. The fourth-order valence-electron chi connectivity index (χ4n) is 4.69. The van der Waals surface area contributed by atoms with E-state index in [1.807, 2.05) is 24.3 Å². The van der Waals surface area contributed by atoms with Crippen molar-refractivity contribution in [2.24, 2.45) is 0 Å². The third kappa shape index (κ3) is 4.96. The lowest BCUT2D eigenvalue weighted by Crippen LogP contribution is -2.19. The van der Waals surface area contributed by atoms with Crippen molar-refractivity contribution in [3.05, 3.63) is 96.4 Å². The average molecular weight is 488 g/mol. The number of furan rings is 1. The number of carboxylic acid groups (broad SMARTS) is 1. The van der Waals surface area contributed by atoms with Crippen LogP contribution in [0.2, 0.25) is 0 Å². The minimum Gasteiger partial charge on any atom is -0.492 e. The van der Waals surface area contributed by atoms with Crippen molar-refractivity contribution in [3.8, 4) is 22.8 Å².